The molecule has 4 N–H and O–H groups in total. The van der Waals surface area contributed by atoms with E-state index in [0.29, 0.717) is 6.04 Å². The summed E-state index contributed by atoms with van der Waals surface area (Å²) in [5.74, 6) is 0. The number of nitrogens with two attached hydrogens (primary N) is 1. The quantitative estimate of drug-likeness (QED) is 0.709. The van der Waals surface area contributed by atoms with Gasteiger partial charge in [-0.25, -0.2) is 0 Å². The van der Waals surface area contributed by atoms with Gasteiger partial charge >= 0.3 is 0 Å². The SMILES string of the molecule is Nc1ccc2c(CNC3CCCC3)c[nH]c2c1. The van der Waals surface area contributed by atoms with Gasteiger partial charge in [-0.05, 0) is 30.5 Å². The third-order valence-electron chi connectivity index (χ3n) is 3.73. The van der Waals surface area contributed by atoms with Crippen LogP contribution in [-0.4, -0.2) is 11.0 Å². The van der Waals surface area contributed by atoms with Crippen molar-refractivity contribution in [2.24, 2.45) is 0 Å². The summed E-state index contributed by atoms with van der Waals surface area (Å²) in [7, 11) is 0. The van der Waals surface area contributed by atoms with E-state index in [1.165, 1.54) is 36.6 Å². The van der Waals surface area contributed by atoms with Crippen molar-refractivity contribution in [1.29, 1.82) is 0 Å². The third kappa shape index (κ3) is 2.15. The molecule has 0 saturated heterocycles. The molecule has 0 spiro atoms. The van der Waals surface area contributed by atoms with E-state index in [-0.39, 0.29) is 0 Å². The lowest BCUT2D eigenvalue weighted by Crippen LogP contribution is -2.25. The van der Waals surface area contributed by atoms with Crippen molar-refractivity contribution in [2.75, 3.05) is 5.73 Å². The maximum Gasteiger partial charge on any atom is 0.0477 e. The smallest absolute Gasteiger partial charge is 0.0477 e. The van der Waals surface area contributed by atoms with Crippen molar-refractivity contribution in [3.8, 4) is 0 Å². The molecule has 1 heterocycles. The summed E-state index contributed by atoms with van der Waals surface area (Å²) in [6, 6.07) is 6.78. The summed E-state index contributed by atoms with van der Waals surface area (Å²) in [6.07, 6.45) is 7.50. The van der Waals surface area contributed by atoms with Gasteiger partial charge in [-0.3, -0.25) is 0 Å². The zero-order chi connectivity index (χ0) is 11.7. The van der Waals surface area contributed by atoms with Crippen LogP contribution in [-0.2, 0) is 6.54 Å². The van der Waals surface area contributed by atoms with E-state index in [0.717, 1.165) is 17.7 Å². The molecule has 0 aliphatic heterocycles. The van der Waals surface area contributed by atoms with Crippen LogP contribution in [0, 0.1) is 0 Å². The number of rotatable bonds is 3. The van der Waals surface area contributed by atoms with Gasteiger partial charge < -0.3 is 16.0 Å². The molecule has 1 fully saturated rings. The molecule has 1 aliphatic carbocycles. The van der Waals surface area contributed by atoms with Gasteiger partial charge in [0.1, 0.15) is 0 Å². The maximum absolute atomic E-state index is 5.77. The van der Waals surface area contributed by atoms with Crippen molar-refractivity contribution < 1.29 is 0 Å². The lowest BCUT2D eigenvalue weighted by molar-refractivity contribution is 0.525. The highest BCUT2D eigenvalue weighted by molar-refractivity contribution is 5.85. The van der Waals surface area contributed by atoms with Gasteiger partial charge in [0.25, 0.3) is 0 Å². The Kier molecular flexibility index (Phi) is 2.77. The van der Waals surface area contributed by atoms with Crippen molar-refractivity contribution in [3.05, 3.63) is 30.0 Å². The number of nitrogen functional groups attached to an aromatic ring is 1. The average Bonchev–Trinajstić information content (AvgIpc) is 2.94. The molecular weight excluding hydrogens is 210 g/mol. The Morgan fingerprint density at radius 3 is 2.94 bits per heavy atom. The van der Waals surface area contributed by atoms with Gasteiger partial charge in [0.05, 0.1) is 0 Å². The first-order valence-corrected chi connectivity index (χ1v) is 6.42. The maximum atomic E-state index is 5.77. The van der Waals surface area contributed by atoms with Crippen molar-refractivity contribution in [2.45, 2.75) is 38.3 Å². The summed E-state index contributed by atoms with van der Waals surface area (Å²) in [6.45, 7) is 0.953. The van der Waals surface area contributed by atoms with E-state index in [2.05, 4.69) is 22.6 Å². The summed E-state index contributed by atoms with van der Waals surface area (Å²) < 4.78 is 0. The summed E-state index contributed by atoms with van der Waals surface area (Å²) >= 11 is 0. The Morgan fingerprint density at radius 2 is 2.12 bits per heavy atom. The van der Waals surface area contributed by atoms with Crippen molar-refractivity contribution in [1.82, 2.24) is 10.3 Å². The molecule has 0 atom stereocenters. The van der Waals surface area contributed by atoms with Gasteiger partial charge in [0.2, 0.25) is 0 Å². The number of hydrogen-bond acceptors (Lipinski definition) is 2. The predicted octanol–water partition coefficient (Wildman–Crippen LogP) is 2.78. The van der Waals surface area contributed by atoms with Gasteiger partial charge in [0.15, 0.2) is 0 Å². The van der Waals surface area contributed by atoms with Crippen LogP contribution in [0.1, 0.15) is 31.2 Å². The van der Waals surface area contributed by atoms with Crippen LogP contribution in [0.15, 0.2) is 24.4 Å². The first kappa shape index (κ1) is 10.7. The van der Waals surface area contributed by atoms with Crippen LogP contribution in [0.5, 0.6) is 0 Å². The Hall–Kier alpha value is -1.48. The fraction of sp³-hybridized carbons (Fsp3) is 0.429. The number of aromatic amines is 1. The molecule has 3 rings (SSSR count). The number of anilines is 1. The van der Waals surface area contributed by atoms with E-state index in [1.54, 1.807) is 0 Å². The van der Waals surface area contributed by atoms with Crippen LogP contribution in [0.4, 0.5) is 5.69 Å². The van der Waals surface area contributed by atoms with Crippen molar-refractivity contribution >= 4 is 16.6 Å². The molecule has 1 saturated carbocycles. The van der Waals surface area contributed by atoms with E-state index in [9.17, 15) is 0 Å². The van der Waals surface area contributed by atoms with E-state index in [1.807, 2.05) is 12.1 Å². The second kappa shape index (κ2) is 4.41. The van der Waals surface area contributed by atoms with E-state index < -0.39 is 0 Å². The van der Waals surface area contributed by atoms with Gasteiger partial charge in [-0.1, -0.05) is 18.9 Å². The minimum absolute atomic E-state index is 0.716. The Morgan fingerprint density at radius 1 is 1.29 bits per heavy atom. The molecule has 0 radical (unpaired) electrons. The Balaban J connectivity index is 1.76. The topological polar surface area (TPSA) is 53.8 Å². The highest BCUT2D eigenvalue weighted by Gasteiger charge is 2.14. The molecule has 17 heavy (non-hydrogen) atoms. The first-order chi connectivity index (χ1) is 8.33. The molecule has 2 aromatic rings. The molecule has 3 heteroatoms. The molecule has 3 nitrogen and oxygen atoms in total. The predicted molar refractivity (Wildman–Crippen MR) is 71.8 cm³/mol. The number of aromatic nitrogens is 1. The van der Waals surface area contributed by atoms with Crippen LogP contribution < -0.4 is 11.1 Å². The molecule has 1 aromatic heterocycles. The molecule has 90 valence electrons. The molecule has 0 bridgehead atoms. The fourth-order valence-corrected chi connectivity index (χ4v) is 2.73. The minimum atomic E-state index is 0.716. The van der Waals surface area contributed by atoms with Crippen LogP contribution in [0.2, 0.25) is 0 Å². The summed E-state index contributed by atoms with van der Waals surface area (Å²) in [4.78, 5) is 3.28. The zero-order valence-electron chi connectivity index (χ0n) is 10.00. The second-order valence-corrected chi connectivity index (χ2v) is 4.98. The molecule has 1 aromatic carbocycles. The average molecular weight is 229 g/mol. The zero-order valence-corrected chi connectivity index (χ0v) is 10.00. The monoisotopic (exact) mass is 229 g/mol. The van der Waals surface area contributed by atoms with Crippen LogP contribution >= 0.6 is 0 Å². The highest BCUT2D eigenvalue weighted by atomic mass is 14.9. The number of hydrogen-bond donors (Lipinski definition) is 3. The Labute approximate surface area is 101 Å². The highest BCUT2D eigenvalue weighted by Crippen LogP contribution is 2.22. The van der Waals surface area contributed by atoms with Crippen molar-refractivity contribution in [3.63, 3.8) is 0 Å². The van der Waals surface area contributed by atoms with Crippen LogP contribution in [0.3, 0.4) is 0 Å². The molecule has 0 amide bonds. The molecule has 1 aliphatic rings. The number of H-pyrrole nitrogens is 1. The number of benzene rings is 1. The second-order valence-electron chi connectivity index (χ2n) is 4.98. The van der Waals surface area contributed by atoms with Crippen LogP contribution in [0.25, 0.3) is 10.9 Å². The lowest BCUT2D eigenvalue weighted by Gasteiger charge is -2.10. The number of nitrogens with one attached hydrogen (secondary N) is 2. The summed E-state index contributed by atoms with van der Waals surface area (Å²) in [5.41, 5.74) is 9.06. The number of fused-ring (bicyclic) bond motifs is 1. The van der Waals surface area contributed by atoms with E-state index in [4.69, 9.17) is 5.73 Å². The molecule has 0 unspecified atom stereocenters. The third-order valence-corrected chi connectivity index (χ3v) is 3.73. The summed E-state index contributed by atoms with van der Waals surface area (Å²) in [5, 5.41) is 4.92. The normalized spacial score (nSPS) is 16.9. The lowest BCUT2D eigenvalue weighted by atomic mass is 10.1. The standard InChI is InChI=1S/C14H19N3/c15-11-5-6-13-10(9-17-14(13)7-11)8-16-12-3-1-2-4-12/h5-7,9,12,16-17H,1-4,8,15H2. The first-order valence-electron chi connectivity index (χ1n) is 6.42. The minimum Gasteiger partial charge on any atom is -0.399 e. The van der Waals surface area contributed by atoms with E-state index >= 15 is 0 Å². The van der Waals surface area contributed by atoms with Gasteiger partial charge in [0, 0.05) is 35.4 Å². The van der Waals surface area contributed by atoms with Gasteiger partial charge in [-0.15, -0.1) is 0 Å². The molecular formula is C14H19N3. The fourth-order valence-electron chi connectivity index (χ4n) is 2.73. The Bertz CT molecular complexity index is 509. The van der Waals surface area contributed by atoms with Gasteiger partial charge in [-0.2, -0.15) is 0 Å². The largest absolute Gasteiger partial charge is 0.399 e.